The molecule has 2 rings (SSSR count). The Morgan fingerprint density at radius 2 is 1.94 bits per heavy atom. The molecule has 0 atom stereocenters. The topological polar surface area (TPSA) is 58.1 Å². The van der Waals surface area contributed by atoms with Gasteiger partial charge in [-0.05, 0) is 32.0 Å². The van der Waals surface area contributed by atoms with Gasteiger partial charge in [0.15, 0.2) is 0 Å². The predicted molar refractivity (Wildman–Crippen MR) is 65.6 cm³/mol. The molecule has 1 N–H and O–H groups in total. The highest BCUT2D eigenvalue weighted by molar-refractivity contribution is 5.88. The number of piperidine rings is 1. The van der Waals surface area contributed by atoms with Crippen LogP contribution in [0.15, 0.2) is 18.5 Å². The molecule has 1 aromatic heterocycles. The maximum Gasteiger partial charge on any atom is 0.229 e. The van der Waals surface area contributed by atoms with Crippen molar-refractivity contribution in [3.05, 3.63) is 18.5 Å². The highest BCUT2D eigenvalue weighted by Crippen LogP contribution is 2.08. The van der Waals surface area contributed by atoms with Crippen LogP contribution in [-0.4, -0.2) is 40.4 Å². The molecule has 0 unspecified atom stereocenters. The zero-order chi connectivity index (χ0) is 11.9. The van der Waals surface area contributed by atoms with Crippen molar-refractivity contribution in [3.8, 4) is 0 Å². The van der Waals surface area contributed by atoms with E-state index in [-0.39, 0.29) is 5.91 Å². The second kappa shape index (κ2) is 6.30. The predicted octanol–water partition coefficient (Wildman–Crippen LogP) is 1.29. The van der Waals surface area contributed by atoms with Crippen molar-refractivity contribution in [3.63, 3.8) is 0 Å². The Labute approximate surface area is 101 Å². The van der Waals surface area contributed by atoms with Gasteiger partial charge in [-0.3, -0.25) is 10.1 Å². The number of hydrogen-bond acceptors (Lipinski definition) is 4. The van der Waals surface area contributed by atoms with Crippen LogP contribution in [0, 0.1) is 0 Å². The van der Waals surface area contributed by atoms with Gasteiger partial charge in [-0.15, -0.1) is 0 Å². The third-order valence-electron chi connectivity index (χ3n) is 2.92. The van der Waals surface area contributed by atoms with Crippen LogP contribution in [0.3, 0.4) is 0 Å². The van der Waals surface area contributed by atoms with Gasteiger partial charge in [-0.2, -0.15) is 0 Å². The van der Waals surface area contributed by atoms with Gasteiger partial charge in [0.2, 0.25) is 11.9 Å². The fraction of sp³-hybridized carbons (Fsp3) is 0.583. The molecule has 1 aromatic rings. The standard InChI is InChI=1S/C12H18N4O/c17-11(15-12-13-6-4-7-14-12)5-10-16-8-2-1-3-9-16/h4,6-7H,1-3,5,8-10H2,(H,13,14,15,17). The quantitative estimate of drug-likeness (QED) is 0.853. The van der Waals surface area contributed by atoms with Crippen LogP contribution in [-0.2, 0) is 4.79 Å². The SMILES string of the molecule is O=C(CCN1CCCCC1)Nc1ncccn1. The molecular formula is C12H18N4O. The van der Waals surface area contributed by atoms with Crippen LogP contribution >= 0.6 is 0 Å². The summed E-state index contributed by atoms with van der Waals surface area (Å²) in [6, 6.07) is 1.73. The Morgan fingerprint density at radius 1 is 1.24 bits per heavy atom. The lowest BCUT2D eigenvalue weighted by Gasteiger charge is -2.25. The van der Waals surface area contributed by atoms with Crippen LogP contribution in [0.1, 0.15) is 25.7 Å². The van der Waals surface area contributed by atoms with E-state index in [0.29, 0.717) is 12.4 Å². The lowest BCUT2D eigenvalue weighted by molar-refractivity contribution is -0.116. The Hall–Kier alpha value is -1.49. The third-order valence-corrected chi connectivity index (χ3v) is 2.92. The summed E-state index contributed by atoms with van der Waals surface area (Å²) in [6.45, 7) is 3.07. The maximum absolute atomic E-state index is 11.6. The minimum absolute atomic E-state index is 0.0122. The number of carbonyl (C=O) groups excluding carboxylic acids is 1. The molecule has 92 valence electrons. The van der Waals surface area contributed by atoms with E-state index < -0.39 is 0 Å². The van der Waals surface area contributed by atoms with E-state index in [0.717, 1.165) is 19.6 Å². The lowest BCUT2D eigenvalue weighted by atomic mass is 10.1. The molecular weight excluding hydrogens is 216 g/mol. The summed E-state index contributed by atoms with van der Waals surface area (Å²) in [5.41, 5.74) is 0. The van der Waals surface area contributed by atoms with E-state index in [1.54, 1.807) is 18.5 Å². The van der Waals surface area contributed by atoms with E-state index in [1.807, 2.05) is 0 Å². The molecule has 1 aliphatic rings. The van der Waals surface area contributed by atoms with Gasteiger partial charge in [0.05, 0.1) is 0 Å². The minimum atomic E-state index is -0.0122. The summed E-state index contributed by atoms with van der Waals surface area (Å²) in [4.78, 5) is 21.9. The van der Waals surface area contributed by atoms with Crippen molar-refractivity contribution < 1.29 is 4.79 Å². The first-order valence-corrected chi connectivity index (χ1v) is 6.14. The minimum Gasteiger partial charge on any atom is -0.303 e. The number of amides is 1. The van der Waals surface area contributed by atoms with Crippen LogP contribution < -0.4 is 5.32 Å². The van der Waals surface area contributed by atoms with Crippen molar-refractivity contribution in [1.29, 1.82) is 0 Å². The first-order chi connectivity index (χ1) is 8.34. The van der Waals surface area contributed by atoms with Gasteiger partial charge in [-0.1, -0.05) is 6.42 Å². The summed E-state index contributed by atoms with van der Waals surface area (Å²) in [5, 5.41) is 2.69. The number of nitrogens with zero attached hydrogens (tertiary/aromatic N) is 3. The molecule has 1 amide bonds. The van der Waals surface area contributed by atoms with E-state index >= 15 is 0 Å². The highest BCUT2D eigenvalue weighted by atomic mass is 16.1. The van der Waals surface area contributed by atoms with Gasteiger partial charge in [0.25, 0.3) is 0 Å². The molecule has 0 spiro atoms. The van der Waals surface area contributed by atoms with Crippen LogP contribution in [0.2, 0.25) is 0 Å². The highest BCUT2D eigenvalue weighted by Gasteiger charge is 2.11. The summed E-state index contributed by atoms with van der Waals surface area (Å²) >= 11 is 0. The Morgan fingerprint density at radius 3 is 2.65 bits per heavy atom. The van der Waals surface area contributed by atoms with Crippen molar-refractivity contribution in [1.82, 2.24) is 14.9 Å². The number of likely N-dealkylation sites (tertiary alicyclic amines) is 1. The lowest BCUT2D eigenvalue weighted by Crippen LogP contribution is -2.32. The van der Waals surface area contributed by atoms with Crippen LogP contribution in [0.5, 0.6) is 0 Å². The van der Waals surface area contributed by atoms with Crippen LogP contribution in [0.4, 0.5) is 5.95 Å². The Balaban J connectivity index is 1.70. The van der Waals surface area contributed by atoms with Gasteiger partial charge < -0.3 is 4.90 Å². The summed E-state index contributed by atoms with van der Waals surface area (Å²) in [5.74, 6) is 0.373. The number of hydrogen-bond donors (Lipinski definition) is 1. The summed E-state index contributed by atoms with van der Waals surface area (Å²) < 4.78 is 0. The van der Waals surface area contributed by atoms with Crippen molar-refractivity contribution in [2.45, 2.75) is 25.7 Å². The molecule has 1 fully saturated rings. The molecule has 5 heteroatoms. The average Bonchev–Trinajstić information content (AvgIpc) is 2.39. The average molecular weight is 234 g/mol. The molecule has 1 saturated heterocycles. The monoisotopic (exact) mass is 234 g/mol. The maximum atomic E-state index is 11.6. The number of rotatable bonds is 4. The van der Waals surface area contributed by atoms with Crippen molar-refractivity contribution >= 4 is 11.9 Å². The zero-order valence-corrected chi connectivity index (χ0v) is 9.93. The Bertz CT molecular complexity index is 349. The number of nitrogens with one attached hydrogen (secondary N) is 1. The number of aromatic nitrogens is 2. The number of anilines is 1. The largest absolute Gasteiger partial charge is 0.303 e. The molecule has 0 saturated carbocycles. The number of carbonyl (C=O) groups is 1. The molecule has 0 aromatic carbocycles. The van der Waals surface area contributed by atoms with Crippen molar-refractivity contribution in [2.75, 3.05) is 25.0 Å². The molecule has 0 aliphatic carbocycles. The molecule has 0 radical (unpaired) electrons. The first kappa shape index (κ1) is 12.0. The van der Waals surface area contributed by atoms with E-state index in [4.69, 9.17) is 0 Å². The molecule has 2 heterocycles. The molecule has 17 heavy (non-hydrogen) atoms. The zero-order valence-electron chi connectivity index (χ0n) is 9.93. The first-order valence-electron chi connectivity index (χ1n) is 6.14. The van der Waals surface area contributed by atoms with Gasteiger partial charge in [0, 0.05) is 25.4 Å². The second-order valence-corrected chi connectivity index (χ2v) is 4.27. The normalized spacial score (nSPS) is 16.7. The van der Waals surface area contributed by atoms with Crippen molar-refractivity contribution in [2.24, 2.45) is 0 Å². The molecule has 1 aliphatic heterocycles. The Kier molecular flexibility index (Phi) is 4.44. The van der Waals surface area contributed by atoms with E-state index in [9.17, 15) is 4.79 Å². The van der Waals surface area contributed by atoms with Gasteiger partial charge >= 0.3 is 0 Å². The van der Waals surface area contributed by atoms with Gasteiger partial charge in [-0.25, -0.2) is 9.97 Å². The van der Waals surface area contributed by atoms with E-state index in [2.05, 4.69) is 20.2 Å². The van der Waals surface area contributed by atoms with E-state index in [1.165, 1.54) is 19.3 Å². The third kappa shape index (κ3) is 4.11. The fourth-order valence-corrected chi connectivity index (χ4v) is 1.99. The van der Waals surface area contributed by atoms with Crippen LogP contribution in [0.25, 0.3) is 0 Å². The van der Waals surface area contributed by atoms with Gasteiger partial charge in [0.1, 0.15) is 0 Å². The summed E-state index contributed by atoms with van der Waals surface area (Å²) in [7, 11) is 0. The summed E-state index contributed by atoms with van der Waals surface area (Å²) in [6.07, 6.45) is 7.58. The molecule has 5 nitrogen and oxygen atoms in total. The fourth-order valence-electron chi connectivity index (χ4n) is 1.99. The second-order valence-electron chi connectivity index (χ2n) is 4.27. The smallest absolute Gasteiger partial charge is 0.229 e. The molecule has 0 bridgehead atoms.